The molecule has 0 N–H and O–H groups in total. The van der Waals surface area contributed by atoms with Gasteiger partial charge in [-0.25, -0.2) is 0 Å². The largest absolute Gasteiger partial charge is 0.475 e. The Balaban J connectivity index is 0.000000196. The molecule has 4 nitrogen and oxygen atoms in total. The molecule has 4 aromatic carbocycles. The molecule has 0 bridgehead atoms. The molecule has 0 saturated carbocycles. The van der Waals surface area contributed by atoms with Gasteiger partial charge in [0.15, 0.2) is 0 Å². The van der Waals surface area contributed by atoms with Crippen LogP contribution in [-0.2, 0) is 31.9 Å². The molecule has 6 aromatic rings. The van der Waals surface area contributed by atoms with Crippen LogP contribution in [0.4, 0.5) is 0 Å². The molecule has 1 radical (unpaired) electrons. The number of hydrogen-bond donors (Lipinski definition) is 0. The van der Waals surface area contributed by atoms with E-state index in [9.17, 15) is 0 Å². The van der Waals surface area contributed by atoms with Crippen molar-refractivity contribution in [2.75, 3.05) is 0 Å². The first-order valence-corrected chi connectivity index (χ1v) is 15.6. The molecule has 0 saturated heterocycles. The maximum atomic E-state index is 6.43. The van der Waals surface area contributed by atoms with Crippen LogP contribution in [0.5, 0.6) is 23.0 Å². The summed E-state index contributed by atoms with van der Waals surface area (Å²) in [6.45, 7) is 0. The topological polar surface area (TPSA) is 44.2 Å². The molecule has 0 amide bonds. The number of ether oxygens (including phenoxy) is 2. The molecule has 7 heteroatoms. The number of nitrogens with zero attached hydrogens (tertiary/aromatic N) is 2. The van der Waals surface area contributed by atoms with Crippen molar-refractivity contribution in [3.05, 3.63) is 140 Å². The first-order valence-electron chi connectivity index (χ1n) is 12.8. The molecule has 1 atom stereocenters. The number of hydrogen-bond acceptors (Lipinski definition) is 5. The zero-order chi connectivity index (χ0) is 26.9. The van der Waals surface area contributed by atoms with Gasteiger partial charge < -0.3 is 19.4 Å². The van der Waals surface area contributed by atoms with Crippen molar-refractivity contribution in [1.29, 1.82) is 0 Å². The average Bonchev–Trinajstić information content (AvgIpc) is 3.03. The maximum Gasteiger partial charge on any atom is 0.133 e. The number of rotatable bonds is 2. The van der Waals surface area contributed by atoms with Gasteiger partial charge in [-0.1, -0.05) is 84.6 Å². The second-order valence-electron chi connectivity index (χ2n) is 9.18. The molecule has 0 spiro atoms. The van der Waals surface area contributed by atoms with Crippen LogP contribution in [0.3, 0.4) is 0 Å². The summed E-state index contributed by atoms with van der Waals surface area (Å²) in [5, 5.41) is 3.07. The third-order valence-corrected chi connectivity index (χ3v) is 11.6. The summed E-state index contributed by atoms with van der Waals surface area (Å²) in [6, 6.07) is 41.8. The van der Waals surface area contributed by atoms with E-state index in [1.807, 2.05) is 103 Å². The van der Waals surface area contributed by atoms with Gasteiger partial charge in [0.1, 0.15) is 11.5 Å². The van der Waals surface area contributed by atoms with Crippen LogP contribution < -0.4 is 25.4 Å². The Morgan fingerprint density at radius 3 is 1.80 bits per heavy atom. The summed E-state index contributed by atoms with van der Waals surface area (Å²) < 4.78 is 12.6. The fourth-order valence-corrected chi connectivity index (χ4v) is 9.35. The monoisotopic (exact) mass is 745 g/mol. The number of pyridine rings is 2. The van der Waals surface area contributed by atoms with E-state index in [0.717, 1.165) is 55.7 Å². The Morgan fingerprint density at radius 2 is 1.20 bits per heavy atom. The second kappa shape index (κ2) is 11.5. The molecule has 8 rings (SSSR count). The maximum absolute atomic E-state index is 6.43. The van der Waals surface area contributed by atoms with Crippen LogP contribution in [-0.4, -0.2) is 9.97 Å². The summed E-state index contributed by atoms with van der Waals surface area (Å²) in [5.74, 6) is 3.01. The molecule has 1 unspecified atom stereocenters. The summed E-state index contributed by atoms with van der Waals surface area (Å²) in [4.78, 5) is 8.67. The second-order valence-corrected chi connectivity index (χ2v) is 13.5. The van der Waals surface area contributed by atoms with Crippen molar-refractivity contribution < 1.29 is 29.6 Å². The van der Waals surface area contributed by atoms with Gasteiger partial charge in [0.2, 0.25) is 0 Å². The van der Waals surface area contributed by atoms with Crippen molar-refractivity contribution in [2.24, 2.45) is 0 Å². The van der Waals surface area contributed by atoms with Crippen LogP contribution in [0.15, 0.2) is 128 Å². The predicted molar refractivity (Wildman–Crippen MR) is 163 cm³/mol. The van der Waals surface area contributed by atoms with Gasteiger partial charge in [-0.3, -0.25) is 0 Å². The number of benzene rings is 4. The van der Waals surface area contributed by atoms with Crippen molar-refractivity contribution in [1.82, 2.24) is 9.97 Å². The molecule has 0 aliphatic carbocycles. The third kappa shape index (κ3) is 4.94. The fourth-order valence-electron chi connectivity index (χ4n) is 4.92. The molecule has 2 aromatic heterocycles. The van der Waals surface area contributed by atoms with Gasteiger partial charge in [-0.15, -0.1) is 41.5 Å². The Labute approximate surface area is 257 Å². The van der Waals surface area contributed by atoms with Crippen LogP contribution in [0, 0.1) is 12.1 Å². The molecule has 2 aliphatic rings. The predicted octanol–water partition coefficient (Wildman–Crippen LogP) is 7.06. The van der Waals surface area contributed by atoms with Gasteiger partial charge in [-0.2, -0.15) is 0 Å². The Bertz CT molecular complexity index is 1770. The van der Waals surface area contributed by atoms with Gasteiger partial charge >= 0.3 is 0 Å². The summed E-state index contributed by atoms with van der Waals surface area (Å²) in [6.07, 6.45) is 3.56. The SMILES string of the molecule is S=P12c3ccccc3Oc3[c-]c(-c4ccccn4)cc(c31)Oc1ccccc12.[Ir].[c-]1ccccc1-c1ccccn1. The van der Waals surface area contributed by atoms with E-state index in [1.165, 1.54) is 0 Å². The van der Waals surface area contributed by atoms with E-state index in [4.69, 9.17) is 21.3 Å². The van der Waals surface area contributed by atoms with E-state index in [0.29, 0.717) is 5.75 Å². The third-order valence-electron chi connectivity index (χ3n) is 6.72. The first-order chi connectivity index (χ1) is 19.7. The minimum Gasteiger partial charge on any atom is -0.475 e. The minimum absolute atomic E-state index is 0. The summed E-state index contributed by atoms with van der Waals surface area (Å²) in [7, 11) is 0. The fraction of sp³-hybridized carbons (Fsp3) is 0. The van der Waals surface area contributed by atoms with Gasteiger partial charge in [0, 0.05) is 49.1 Å². The van der Waals surface area contributed by atoms with Crippen LogP contribution >= 0.6 is 6.04 Å². The molecule has 0 fully saturated rings. The molecule has 201 valence electrons. The average molecular weight is 745 g/mol. The molecule has 4 heterocycles. The quantitative estimate of drug-likeness (QED) is 0.140. The minimum atomic E-state index is -2.29. The number of para-hydroxylation sites is 2. The van der Waals surface area contributed by atoms with Gasteiger partial charge in [-0.05, 0) is 41.0 Å². The standard InChI is InChI=1S/C23H13NO2PS.C11H8N.Ir/c28-27-21-10-3-1-8-17(21)25-19-13-15(16-7-5-6-12-24-16)14-20(23(19)27)26-18-9-2-4-11-22(18)27;1-2-6-10(7-3-1)11-8-4-5-9-12-11;/h1-13H;1-6,8-9H;/q2*-1;. The number of aromatic nitrogens is 2. The van der Waals surface area contributed by atoms with Gasteiger partial charge in [0.25, 0.3) is 0 Å². The van der Waals surface area contributed by atoms with Crippen LogP contribution in [0.1, 0.15) is 0 Å². The normalized spacial score (nSPS) is 15.2. The van der Waals surface area contributed by atoms with E-state index in [1.54, 1.807) is 12.4 Å². The van der Waals surface area contributed by atoms with Crippen LogP contribution in [0.25, 0.3) is 22.5 Å². The van der Waals surface area contributed by atoms with E-state index in [2.05, 4.69) is 34.2 Å². The first kappa shape index (κ1) is 27.3. The zero-order valence-electron chi connectivity index (χ0n) is 21.5. The molecule has 2 aliphatic heterocycles. The Hall–Kier alpha value is -3.92. The molecular formula is C34H21IrN2O2PS-2. The Morgan fingerprint density at radius 1 is 0.610 bits per heavy atom. The van der Waals surface area contributed by atoms with Gasteiger partial charge in [0.05, 0.1) is 11.5 Å². The van der Waals surface area contributed by atoms with E-state index >= 15 is 0 Å². The van der Waals surface area contributed by atoms with Crippen molar-refractivity contribution in [3.63, 3.8) is 0 Å². The summed E-state index contributed by atoms with van der Waals surface area (Å²) >= 11 is 6.43. The number of fused-ring (bicyclic) bond motifs is 4. The van der Waals surface area contributed by atoms with Crippen molar-refractivity contribution in [2.45, 2.75) is 0 Å². The van der Waals surface area contributed by atoms with E-state index < -0.39 is 6.04 Å². The van der Waals surface area contributed by atoms with E-state index in [-0.39, 0.29) is 20.1 Å². The van der Waals surface area contributed by atoms with Crippen LogP contribution in [0.2, 0.25) is 0 Å². The Kier molecular flexibility index (Phi) is 7.66. The smallest absolute Gasteiger partial charge is 0.133 e. The summed E-state index contributed by atoms with van der Waals surface area (Å²) in [5.41, 5.74) is 3.66. The zero-order valence-corrected chi connectivity index (χ0v) is 25.6. The molecule has 41 heavy (non-hydrogen) atoms. The molecular weight excluding hydrogens is 724 g/mol. The van der Waals surface area contributed by atoms with Crippen molar-refractivity contribution in [3.8, 4) is 45.5 Å². The van der Waals surface area contributed by atoms with Crippen molar-refractivity contribution >= 4 is 33.8 Å².